The predicted molar refractivity (Wildman–Crippen MR) is 70.3 cm³/mol. The lowest BCUT2D eigenvalue weighted by Crippen LogP contribution is -2.02. The lowest BCUT2D eigenvalue weighted by atomic mass is 10.1. The largest absolute Gasteiger partial charge is 0.496 e. The second-order valence-electron chi connectivity index (χ2n) is 3.39. The number of fused-ring (bicyclic) bond motifs is 1. The summed E-state index contributed by atoms with van der Waals surface area (Å²) in [5.74, 6) is -0.927. The minimum atomic E-state index is -1.18. The molecule has 0 unspecified atom stereocenters. The molecule has 4 nitrogen and oxygen atoms in total. The van der Waals surface area contributed by atoms with Crippen molar-refractivity contribution in [2.24, 2.45) is 0 Å². The highest BCUT2D eigenvalue weighted by atomic mass is 35.5. The number of benzene rings is 1. The summed E-state index contributed by atoms with van der Waals surface area (Å²) in [6, 6.07) is 2.68. The van der Waals surface area contributed by atoms with E-state index in [1.54, 1.807) is 0 Å². The molecule has 0 amide bonds. The topological polar surface area (TPSA) is 59.4 Å². The maximum absolute atomic E-state index is 11.0. The molecule has 18 heavy (non-hydrogen) atoms. The van der Waals surface area contributed by atoms with Gasteiger partial charge in [-0.05, 0) is 6.07 Å². The number of aromatic nitrogens is 1. The molecule has 0 aliphatic heterocycles. The van der Waals surface area contributed by atoms with Crippen LogP contribution in [0.5, 0.6) is 5.75 Å². The molecule has 0 atom stereocenters. The maximum Gasteiger partial charge on any atom is 0.354 e. The van der Waals surface area contributed by atoms with Crippen LogP contribution in [0.1, 0.15) is 10.5 Å². The van der Waals surface area contributed by atoms with Gasteiger partial charge >= 0.3 is 5.97 Å². The Balaban J connectivity index is 2.96. The van der Waals surface area contributed by atoms with E-state index in [0.29, 0.717) is 5.39 Å². The molecule has 0 bridgehead atoms. The van der Waals surface area contributed by atoms with Crippen molar-refractivity contribution < 1.29 is 14.6 Å². The molecule has 7 heteroatoms. The number of pyridine rings is 1. The van der Waals surface area contributed by atoms with Crippen molar-refractivity contribution in [1.82, 2.24) is 4.98 Å². The molecule has 0 spiro atoms. The summed E-state index contributed by atoms with van der Waals surface area (Å²) in [4.78, 5) is 14.9. The van der Waals surface area contributed by atoms with Crippen molar-refractivity contribution in [2.75, 3.05) is 7.11 Å². The Morgan fingerprint density at radius 3 is 2.50 bits per heavy atom. The predicted octanol–water partition coefficient (Wildman–Crippen LogP) is 3.90. The van der Waals surface area contributed by atoms with Crippen LogP contribution in [0.15, 0.2) is 12.1 Å². The molecule has 0 saturated heterocycles. The minimum absolute atomic E-state index is 0.181. The quantitative estimate of drug-likeness (QED) is 0.855. The van der Waals surface area contributed by atoms with Crippen molar-refractivity contribution in [3.63, 3.8) is 0 Å². The molecular formula is C11H6Cl3NO3. The fourth-order valence-electron chi connectivity index (χ4n) is 1.54. The SMILES string of the molecule is COc1cc(C(=O)O)nc2c(Cl)cc(Cl)c(Cl)c12. The average molecular weight is 307 g/mol. The molecule has 0 saturated carbocycles. The Kier molecular flexibility index (Phi) is 3.52. The number of methoxy groups -OCH3 is 1. The molecular weight excluding hydrogens is 300 g/mol. The fourth-order valence-corrected chi connectivity index (χ4v) is 2.28. The first-order chi connectivity index (χ1) is 8.45. The van der Waals surface area contributed by atoms with Gasteiger partial charge in [0.1, 0.15) is 5.75 Å². The Hall–Kier alpha value is -1.23. The van der Waals surface area contributed by atoms with Crippen LogP contribution in [0.4, 0.5) is 0 Å². The highest BCUT2D eigenvalue weighted by Crippen LogP contribution is 2.40. The van der Waals surface area contributed by atoms with Gasteiger partial charge in [-0.15, -0.1) is 0 Å². The first-order valence-electron chi connectivity index (χ1n) is 4.71. The van der Waals surface area contributed by atoms with Gasteiger partial charge < -0.3 is 9.84 Å². The van der Waals surface area contributed by atoms with Crippen LogP contribution in [-0.2, 0) is 0 Å². The van der Waals surface area contributed by atoms with Gasteiger partial charge in [-0.3, -0.25) is 0 Å². The minimum Gasteiger partial charge on any atom is -0.496 e. The van der Waals surface area contributed by atoms with Gasteiger partial charge in [-0.25, -0.2) is 9.78 Å². The lowest BCUT2D eigenvalue weighted by molar-refractivity contribution is 0.0690. The van der Waals surface area contributed by atoms with Crippen LogP contribution in [0.25, 0.3) is 10.9 Å². The zero-order valence-corrected chi connectivity index (χ0v) is 11.3. The van der Waals surface area contributed by atoms with E-state index in [1.165, 1.54) is 19.2 Å². The molecule has 2 aromatic rings. The number of rotatable bonds is 2. The van der Waals surface area contributed by atoms with E-state index in [9.17, 15) is 4.79 Å². The molecule has 0 radical (unpaired) electrons. The summed E-state index contributed by atoms with van der Waals surface area (Å²) in [7, 11) is 1.39. The molecule has 1 aromatic heterocycles. The van der Waals surface area contributed by atoms with Gasteiger partial charge in [-0.2, -0.15) is 0 Å². The molecule has 0 fully saturated rings. The standard InChI is InChI=1S/C11H6Cl3NO3/c1-18-7-3-6(11(16)17)15-10-5(13)2-4(12)9(14)8(7)10/h2-3H,1H3,(H,16,17). The van der Waals surface area contributed by atoms with Gasteiger partial charge in [0.05, 0.1) is 33.1 Å². The second-order valence-corrected chi connectivity index (χ2v) is 4.59. The van der Waals surface area contributed by atoms with Crippen molar-refractivity contribution >= 4 is 51.7 Å². The summed E-state index contributed by atoms with van der Waals surface area (Å²) in [6.07, 6.45) is 0. The van der Waals surface area contributed by atoms with E-state index >= 15 is 0 Å². The van der Waals surface area contributed by atoms with Gasteiger partial charge in [0.2, 0.25) is 0 Å². The van der Waals surface area contributed by atoms with Crippen molar-refractivity contribution in [1.29, 1.82) is 0 Å². The number of carbonyl (C=O) groups is 1. The van der Waals surface area contributed by atoms with Crippen molar-refractivity contribution in [3.05, 3.63) is 32.9 Å². The number of ether oxygens (including phenoxy) is 1. The summed E-state index contributed by atoms with van der Waals surface area (Å²) in [5.41, 5.74) is 0.0578. The van der Waals surface area contributed by atoms with E-state index in [1.807, 2.05) is 0 Å². The number of nitrogens with zero attached hydrogens (tertiary/aromatic N) is 1. The second kappa shape index (κ2) is 4.80. The Morgan fingerprint density at radius 1 is 1.28 bits per heavy atom. The fraction of sp³-hybridized carbons (Fsp3) is 0.0909. The number of carboxylic acid groups (broad SMARTS) is 1. The molecule has 1 aromatic carbocycles. The number of hydrogen-bond donors (Lipinski definition) is 1. The molecule has 2 rings (SSSR count). The lowest BCUT2D eigenvalue weighted by Gasteiger charge is -2.10. The highest BCUT2D eigenvalue weighted by molar-refractivity contribution is 6.48. The monoisotopic (exact) mass is 305 g/mol. The third kappa shape index (κ3) is 2.07. The molecule has 0 aliphatic rings. The summed E-state index contributed by atoms with van der Waals surface area (Å²) >= 11 is 17.9. The third-order valence-corrected chi connectivity index (χ3v) is 3.41. The first-order valence-corrected chi connectivity index (χ1v) is 5.84. The summed E-state index contributed by atoms with van der Waals surface area (Å²) < 4.78 is 5.10. The number of hydrogen-bond acceptors (Lipinski definition) is 3. The normalized spacial score (nSPS) is 10.7. The highest BCUT2D eigenvalue weighted by Gasteiger charge is 2.18. The van der Waals surface area contributed by atoms with E-state index in [0.717, 1.165) is 0 Å². The van der Waals surface area contributed by atoms with E-state index in [4.69, 9.17) is 44.6 Å². The van der Waals surface area contributed by atoms with Crippen molar-refractivity contribution in [2.45, 2.75) is 0 Å². The first kappa shape index (κ1) is 13.2. The molecule has 1 heterocycles. The van der Waals surface area contributed by atoms with Gasteiger partial charge in [0, 0.05) is 6.07 Å². The molecule has 0 aliphatic carbocycles. The zero-order chi connectivity index (χ0) is 13.4. The van der Waals surface area contributed by atoms with Gasteiger partial charge in [0.25, 0.3) is 0 Å². The number of aromatic carboxylic acids is 1. The smallest absolute Gasteiger partial charge is 0.354 e. The van der Waals surface area contributed by atoms with Crippen LogP contribution in [0, 0.1) is 0 Å². The number of halogens is 3. The van der Waals surface area contributed by atoms with Crippen LogP contribution >= 0.6 is 34.8 Å². The Bertz CT molecular complexity index is 658. The molecule has 1 N–H and O–H groups in total. The Morgan fingerprint density at radius 2 is 1.94 bits per heavy atom. The van der Waals surface area contributed by atoms with E-state index < -0.39 is 5.97 Å². The van der Waals surface area contributed by atoms with Gasteiger partial charge in [-0.1, -0.05) is 34.8 Å². The van der Waals surface area contributed by atoms with Crippen molar-refractivity contribution in [3.8, 4) is 5.75 Å². The van der Waals surface area contributed by atoms with Crippen LogP contribution < -0.4 is 4.74 Å². The van der Waals surface area contributed by atoms with Crippen LogP contribution in [0.3, 0.4) is 0 Å². The molecule has 94 valence electrons. The zero-order valence-electron chi connectivity index (χ0n) is 9.00. The summed E-state index contributed by atoms with van der Waals surface area (Å²) in [5, 5.41) is 10.0. The average Bonchev–Trinajstić information content (AvgIpc) is 2.34. The van der Waals surface area contributed by atoms with E-state index in [2.05, 4.69) is 4.98 Å². The van der Waals surface area contributed by atoms with Gasteiger partial charge in [0.15, 0.2) is 5.69 Å². The van der Waals surface area contributed by atoms with Crippen LogP contribution in [-0.4, -0.2) is 23.2 Å². The maximum atomic E-state index is 11.0. The number of carboxylic acids is 1. The summed E-state index contributed by atoms with van der Waals surface area (Å²) in [6.45, 7) is 0. The van der Waals surface area contributed by atoms with Crippen LogP contribution in [0.2, 0.25) is 15.1 Å². The Labute approximate surface area is 117 Å². The van der Waals surface area contributed by atoms with E-state index in [-0.39, 0.29) is 32.0 Å². The third-order valence-electron chi connectivity index (χ3n) is 2.33.